The van der Waals surface area contributed by atoms with Gasteiger partial charge in [0.05, 0.1) is 17.8 Å². The molecule has 0 bridgehead atoms. The van der Waals surface area contributed by atoms with E-state index in [2.05, 4.69) is 10.3 Å². The lowest BCUT2D eigenvalue weighted by Crippen LogP contribution is -2.27. The molecular weight excluding hydrogens is 325 g/mol. The van der Waals surface area contributed by atoms with Gasteiger partial charge in [0.15, 0.2) is 0 Å². The van der Waals surface area contributed by atoms with Crippen molar-refractivity contribution >= 4 is 17.4 Å². The second-order valence-corrected chi connectivity index (χ2v) is 6.68. The highest BCUT2D eigenvalue weighted by atomic mass is 19.4. The molecule has 0 aliphatic carbocycles. The lowest BCUT2D eigenvalue weighted by atomic mass is 9.90. The minimum absolute atomic E-state index is 0.152. The van der Waals surface area contributed by atoms with Gasteiger partial charge in [-0.1, -0.05) is 20.8 Å². The highest BCUT2D eigenvalue weighted by molar-refractivity contribution is 5.79. The number of nitrogens with zero attached hydrogens (tertiary/aromatic N) is 2. The first-order chi connectivity index (χ1) is 11.0. The summed E-state index contributed by atoms with van der Waals surface area (Å²) < 4.78 is 40.1. The monoisotopic (exact) mass is 344 g/mol. The van der Waals surface area contributed by atoms with E-state index in [1.54, 1.807) is 0 Å². The van der Waals surface area contributed by atoms with Crippen molar-refractivity contribution in [2.24, 2.45) is 5.41 Å². The van der Waals surface area contributed by atoms with Crippen LogP contribution in [0.4, 0.5) is 19.0 Å². The zero-order valence-corrected chi connectivity index (χ0v) is 13.5. The summed E-state index contributed by atoms with van der Waals surface area (Å²) >= 11 is 0. The van der Waals surface area contributed by atoms with Crippen molar-refractivity contribution in [3.8, 4) is 0 Å². The number of fused-ring (bicyclic) bond motifs is 1. The third kappa shape index (κ3) is 4.16. The molecule has 0 aliphatic heterocycles. The van der Waals surface area contributed by atoms with Gasteiger partial charge in [0, 0.05) is 6.20 Å². The van der Waals surface area contributed by atoms with Gasteiger partial charge in [-0.3, -0.25) is 14.4 Å². The fourth-order valence-corrected chi connectivity index (χ4v) is 2.28. The van der Waals surface area contributed by atoms with E-state index in [1.807, 2.05) is 20.8 Å². The van der Waals surface area contributed by atoms with Crippen molar-refractivity contribution in [3.63, 3.8) is 0 Å². The molecule has 1 amide bonds. The average Bonchev–Trinajstić information content (AvgIpc) is 2.78. The number of halogens is 3. The molecule has 0 atom stereocenters. The number of pyridine rings is 1. The topological polar surface area (TPSA) is 78.7 Å². The molecule has 0 unspecified atom stereocenters. The zero-order chi connectivity index (χ0) is 18.1. The molecule has 0 aliphatic rings. The maximum absolute atomic E-state index is 12.9. The quantitative estimate of drug-likeness (QED) is 0.589. The van der Waals surface area contributed by atoms with Crippen LogP contribution in [0.25, 0.3) is 5.65 Å². The number of imidazole rings is 1. The van der Waals surface area contributed by atoms with Crippen molar-refractivity contribution in [1.29, 1.82) is 0 Å². The number of alkyl halides is 3. The highest BCUT2D eigenvalue weighted by Gasteiger charge is 2.31. The van der Waals surface area contributed by atoms with E-state index >= 15 is 0 Å². The molecule has 0 radical (unpaired) electrons. The first-order valence-electron chi connectivity index (χ1n) is 7.26. The van der Waals surface area contributed by atoms with Crippen LogP contribution in [-0.2, 0) is 17.4 Å². The van der Waals surface area contributed by atoms with Crippen LogP contribution >= 0.6 is 0 Å². The minimum Gasteiger partial charge on any atom is -0.360 e. The third-order valence-corrected chi connectivity index (χ3v) is 3.26. The smallest absolute Gasteiger partial charge is 0.360 e. The molecule has 0 aromatic carbocycles. The molecule has 2 aromatic rings. The van der Waals surface area contributed by atoms with Gasteiger partial charge >= 0.3 is 6.18 Å². The van der Waals surface area contributed by atoms with Crippen LogP contribution < -0.4 is 10.8 Å². The Hall–Kier alpha value is -2.29. The number of carbonyl (C=O) groups is 1. The SMILES string of the molecule is CC(C)(C)Cc1nc2ccc(C(F)(F)F)cn2c1NCC(=O)NO. The predicted molar refractivity (Wildman–Crippen MR) is 81.8 cm³/mol. The molecule has 2 rings (SSSR count). The average molecular weight is 344 g/mol. The summed E-state index contributed by atoms with van der Waals surface area (Å²) in [4.78, 5) is 15.6. The normalized spacial score (nSPS) is 12.5. The zero-order valence-electron chi connectivity index (χ0n) is 13.5. The molecule has 0 fully saturated rings. The maximum atomic E-state index is 12.9. The van der Waals surface area contributed by atoms with E-state index in [-0.39, 0.29) is 12.0 Å². The van der Waals surface area contributed by atoms with Crippen molar-refractivity contribution < 1.29 is 23.2 Å². The van der Waals surface area contributed by atoms with Crippen LogP contribution in [0.15, 0.2) is 18.3 Å². The van der Waals surface area contributed by atoms with Gasteiger partial charge in [0.2, 0.25) is 0 Å². The van der Waals surface area contributed by atoms with Gasteiger partial charge in [0.25, 0.3) is 5.91 Å². The molecule has 24 heavy (non-hydrogen) atoms. The number of hydrogen-bond acceptors (Lipinski definition) is 4. The van der Waals surface area contributed by atoms with Crippen LogP contribution in [0.3, 0.4) is 0 Å². The van der Waals surface area contributed by atoms with Gasteiger partial charge in [-0.25, -0.2) is 10.5 Å². The molecule has 9 heteroatoms. The van der Waals surface area contributed by atoms with Crippen LogP contribution in [0.1, 0.15) is 32.0 Å². The first kappa shape index (κ1) is 18.1. The molecule has 0 saturated carbocycles. The Balaban J connectivity index is 2.52. The summed E-state index contributed by atoms with van der Waals surface area (Å²) in [6.45, 7) is 5.63. The summed E-state index contributed by atoms with van der Waals surface area (Å²) in [6, 6.07) is 2.25. The highest BCUT2D eigenvalue weighted by Crippen LogP contribution is 2.32. The van der Waals surface area contributed by atoms with Crippen LogP contribution in [0, 0.1) is 5.41 Å². The van der Waals surface area contributed by atoms with E-state index in [1.165, 1.54) is 15.9 Å². The molecule has 6 nitrogen and oxygen atoms in total. The summed E-state index contributed by atoms with van der Waals surface area (Å²) in [5.74, 6) is -0.409. The van der Waals surface area contributed by atoms with Crippen LogP contribution in [0.2, 0.25) is 0 Å². The molecule has 0 spiro atoms. The Kier molecular flexibility index (Phi) is 4.75. The Morgan fingerprint density at radius 2 is 1.96 bits per heavy atom. The number of hydroxylamine groups is 1. The number of amides is 1. The maximum Gasteiger partial charge on any atom is 0.417 e. The van der Waals surface area contributed by atoms with E-state index in [4.69, 9.17) is 5.21 Å². The third-order valence-electron chi connectivity index (χ3n) is 3.26. The van der Waals surface area contributed by atoms with Gasteiger partial charge in [-0.15, -0.1) is 0 Å². The van der Waals surface area contributed by atoms with Crippen molar-refractivity contribution in [2.75, 3.05) is 11.9 Å². The number of anilines is 1. The molecule has 132 valence electrons. The number of hydrogen-bond donors (Lipinski definition) is 3. The van der Waals surface area contributed by atoms with Crippen LogP contribution in [-0.4, -0.2) is 27.0 Å². The number of carbonyl (C=O) groups excluding carboxylic acids is 1. The Morgan fingerprint density at radius 1 is 1.29 bits per heavy atom. The minimum atomic E-state index is -4.48. The second kappa shape index (κ2) is 6.31. The van der Waals surface area contributed by atoms with Crippen molar-refractivity contribution in [2.45, 2.75) is 33.4 Å². The summed E-state index contributed by atoms with van der Waals surface area (Å²) in [6.07, 6.45) is -3.05. The fraction of sp³-hybridized carbons (Fsp3) is 0.467. The Morgan fingerprint density at radius 3 is 2.50 bits per heavy atom. The Labute approximate surface area is 136 Å². The summed E-state index contributed by atoms with van der Waals surface area (Å²) in [5.41, 5.74) is 1.39. The Bertz CT molecular complexity index is 747. The van der Waals surface area contributed by atoms with Gasteiger partial charge in [-0.05, 0) is 24.0 Å². The van der Waals surface area contributed by atoms with E-state index < -0.39 is 17.6 Å². The number of rotatable bonds is 4. The lowest BCUT2D eigenvalue weighted by Gasteiger charge is -2.17. The number of nitrogens with one attached hydrogen (secondary N) is 2. The second-order valence-electron chi connectivity index (χ2n) is 6.68. The molecular formula is C15H19F3N4O2. The van der Waals surface area contributed by atoms with Gasteiger partial charge < -0.3 is 5.32 Å². The van der Waals surface area contributed by atoms with Gasteiger partial charge in [0.1, 0.15) is 11.5 Å². The largest absolute Gasteiger partial charge is 0.417 e. The summed E-state index contributed by atoms with van der Waals surface area (Å²) in [7, 11) is 0. The van der Waals surface area contributed by atoms with Gasteiger partial charge in [-0.2, -0.15) is 13.2 Å². The molecule has 2 heterocycles. The molecule has 0 saturated heterocycles. The number of aromatic nitrogens is 2. The van der Waals surface area contributed by atoms with E-state index in [9.17, 15) is 18.0 Å². The van der Waals surface area contributed by atoms with Crippen molar-refractivity contribution in [3.05, 3.63) is 29.6 Å². The lowest BCUT2D eigenvalue weighted by molar-refractivity contribution is -0.137. The molecule has 3 N–H and O–H groups in total. The van der Waals surface area contributed by atoms with Crippen molar-refractivity contribution in [1.82, 2.24) is 14.9 Å². The first-order valence-corrected chi connectivity index (χ1v) is 7.26. The standard InChI is InChI=1S/C15H19F3N4O2/c1-14(2,3)6-10-13(19-7-12(23)21-24)22-8-9(15(16,17)18)4-5-11(22)20-10/h4-5,8,19,24H,6-7H2,1-3H3,(H,21,23). The fourth-order valence-electron chi connectivity index (χ4n) is 2.28. The van der Waals surface area contributed by atoms with E-state index in [0.717, 1.165) is 12.3 Å². The van der Waals surface area contributed by atoms with E-state index in [0.29, 0.717) is 23.6 Å². The van der Waals surface area contributed by atoms with Crippen LogP contribution in [0.5, 0.6) is 0 Å². The predicted octanol–water partition coefficient (Wildman–Crippen LogP) is 2.86. The molecule has 2 aromatic heterocycles. The summed E-state index contributed by atoms with van der Waals surface area (Å²) in [5, 5.41) is 11.3.